The molecule has 7 rings (SSSR count). The standard InChI is InChI=1S/C34H25N3O6/c1-43-27-16-7-4-13-24(27)31(39)29-28(30(38)21-10-8-11-22(19-21)37(41)42)34(25-14-5-6-15-26(25)35-33(34)40)32-23-12-3-2-9-20(23)17-18-36(29)32/h2-19,28-29,32H,1H3,(H,35,40)/t28-,29+,32+,34-/m0/s1. The van der Waals surface area contributed by atoms with Crippen molar-refractivity contribution in [3.05, 3.63) is 141 Å². The fourth-order valence-electron chi connectivity index (χ4n) is 7.13. The number of fused-ring (bicyclic) bond motifs is 6. The van der Waals surface area contributed by atoms with Crippen molar-refractivity contribution in [3.8, 4) is 5.75 Å². The lowest BCUT2D eigenvalue weighted by Gasteiger charge is -2.38. The van der Waals surface area contributed by atoms with E-state index in [9.17, 15) is 24.5 Å². The van der Waals surface area contributed by atoms with Crippen LogP contribution in [0.25, 0.3) is 6.08 Å². The maximum atomic E-state index is 14.9. The topological polar surface area (TPSA) is 119 Å². The van der Waals surface area contributed by atoms with E-state index in [1.807, 2.05) is 41.3 Å². The van der Waals surface area contributed by atoms with Gasteiger partial charge in [-0.1, -0.05) is 66.7 Å². The summed E-state index contributed by atoms with van der Waals surface area (Å²) in [5.41, 5.74) is 1.33. The first-order chi connectivity index (χ1) is 20.9. The molecule has 1 amide bonds. The number of amides is 1. The number of nitro groups is 1. The van der Waals surface area contributed by atoms with Crippen molar-refractivity contribution in [1.82, 2.24) is 4.90 Å². The summed E-state index contributed by atoms with van der Waals surface area (Å²) in [7, 11) is 1.47. The van der Waals surface area contributed by atoms with E-state index in [2.05, 4.69) is 5.32 Å². The molecular formula is C34H25N3O6. The summed E-state index contributed by atoms with van der Waals surface area (Å²) in [4.78, 5) is 57.0. The average molecular weight is 572 g/mol. The second-order valence-electron chi connectivity index (χ2n) is 10.8. The fraction of sp³-hybridized carbons (Fsp3) is 0.147. The van der Waals surface area contributed by atoms with Crippen LogP contribution >= 0.6 is 0 Å². The minimum atomic E-state index is -1.54. The summed E-state index contributed by atoms with van der Waals surface area (Å²) in [6.07, 6.45) is 3.66. The van der Waals surface area contributed by atoms with Gasteiger partial charge in [0.1, 0.15) is 17.2 Å². The molecular weight excluding hydrogens is 546 g/mol. The number of ketones is 2. The molecule has 4 aromatic carbocycles. The normalized spacial score (nSPS) is 22.9. The number of hydrogen-bond donors (Lipinski definition) is 1. The molecule has 212 valence electrons. The van der Waals surface area contributed by atoms with Gasteiger partial charge in [-0.3, -0.25) is 24.5 Å². The van der Waals surface area contributed by atoms with Gasteiger partial charge in [0.2, 0.25) is 5.91 Å². The molecule has 1 N–H and O–H groups in total. The highest BCUT2D eigenvalue weighted by Gasteiger charge is 2.70. The second-order valence-corrected chi connectivity index (χ2v) is 10.8. The highest BCUT2D eigenvalue weighted by atomic mass is 16.6. The number of para-hydroxylation sites is 2. The number of ether oxygens (including phenoxy) is 1. The van der Waals surface area contributed by atoms with E-state index in [4.69, 9.17) is 4.74 Å². The molecule has 9 heteroatoms. The summed E-state index contributed by atoms with van der Waals surface area (Å²) >= 11 is 0. The van der Waals surface area contributed by atoms with Crippen LogP contribution in [0.1, 0.15) is 43.4 Å². The van der Waals surface area contributed by atoms with Crippen molar-refractivity contribution in [2.24, 2.45) is 5.92 Å². The zero-order chi connectivity index (χ0) is 29.9. The summed E-state index contributed by atoms with van der Waals surface area (Å²) < 4.78 is 5.54. The van der Waals surface area contributed by atoms with Gasteiger partial charge in [-0.05, 0) is 41.0 Å². The lowest BCUT2D eigenvalue weighted by molar-refractivity contribution is -0.384. The Morgan fingerprint density at radius 1 is 0.930 bits per heavy atom. The first-order valence-corrected chi connectivity index (χ1v) is 13.8. The molecule has 1 saturated heterocycles. The summed E-state index contributed by atoms with van der Waals surface area (Å²) in [6.45, 7) is 0. The number of methoxy groups -OCH3 is 1. The first-order valence-electron chi connectivity index (χ1n) is 13.8. The number of nitrogens with zero attached hydrogens (tertiary/aromatic N) is 2. The van der Waals surface area contributed by atoms with E-state index in [0.29, 0.717) is 17.0 Å². The third-order valence-corrected chi connectivity index (χ3v) is 8.84. The second kappa shape index (κ2) is 9.77. The maximum Gasteiger partial charge on any atom is 0.270 e. The molecule has 3 aliphatic heterocycles. The zero-order valence-electron chi connectivity index (χ0n) is 23.0. The molecule has 43 heavy (non-hydrogen) atoms. The number of carbonyl (C=O) groups excluding carboxylic acids is 3. The van der Waals surface area contributed by atoms with Crippen molar-refractivity contribution >= 4 is 34.9 Å². The number of non-ortho nitro benzene ring substituents is 1. The van der Waals surface area contributed by atoms with E-state index in [1.165, 1.54) is 31.4 Å². The third kappa shape index (κ3) is 3.67. The van der Waals surface area contributed by atoms with Gasteiger partial charge < -0.3 is 15.0 Å². The Bertz CT molecular complexity index is 1880. The maximum absolute atomic E-state index is 14.9. The highest BCUT2D eigenvalue weighted by molar-refractivity contribution is 6.17. The largest absolute Gasteiger partial charge is 0.496 e. The average Bonchev–Trinajstić information content (AvgIpc) is 3.52. The van der Waals surface area contributed by atoms with E-state index >= 15 is 0 Å². The van der Waals surface area contributed by atoms with Crippen molar-refractivity contribution in [2.45, 2.75) is 17.5 Å². The van der Waals surface area contributed by atoms with E-state index < -0.39 is 45.8 Å². The van der Waals surface area contributed by atoms with Gasteiger partial charge in [-0.2, -0.15) is 0 Å². The molecule has 0 unspecified atom stereocenters. The zero-order valence-corrected chi connectivity index (χ0v) is 23.0. The van der Waals surface area contributed by atoms with Crippen LogP contribution in [0.15, 0.2) is 103 Å². The number of hydrogen-bond acceptors (Lipinski definition) is 7. The van der Waals surface area contributed by atoms with E-state index in [0.717, 1.165) is 11.1 Å². The molecule has 3 heterocycles. The number of nitro benzene ring substituents is 1. The van der Waals surface area contributed by atoms with Crippen molar-refractivity contribution in [2.75, 3.05) is 12.4 Å². The lowest BCUT2D eigenvalue weighted by atomic mass is 9.62. The van der Waals surface area contributed by atoms with Gasteiger partial charge in [0, 0.05) is 29.6 Å². The molecule has 9 nitrogen and oxygen atoms in total. The predicted octanol–water partition coefficient (Wildman–Crippen LogP) is 5.59. The molecule has 1 spiro atoms. The molecule has 4 aromatic rings. The van der Waals surface area contributed by atoms with Crippen LogP contribution in [0.2, 0.25) is 0 Å². The van der Waals surface area contributed by atoms with Crippen LogP contribution in [0.4, 0.5) is 11.4 Å². The SMILES string of the molecule is COc1ccccc1C(=O)[C@H]1[C@@H](C(=O)c2cccc([N+](=O)[O-])c2)[C@]2(C(=O)Nc3ccccc32)[C@H]2c3ccccc3C=CN12. The highest BCUT2D eigenvalue weighted by Crippen LogP contribution is 2.62. The monoisotopic (exact) mass is 571 g/mol. The van der Waals surface area contributed by atoms with E-state index in [-0.39, 0.29) is 16.8 Å². The van der Waals surface area contributed by atoms with Crippen LogP contribution in [0.5, 0.6) is 5.75 Å². The fourth-order valence-corrected chi connectivity index (χ4v) is 7.13. The predicted molar refractivity (Wildman–Crippen MR) is 159 cm³/mol. The molecule has 0 bridgehead atoms. The molecule has 0 radical (unpaired) electrons. The Labute approximate surface area is 246 Å². The van der Waals surface area contributed by atoms with E-state index in [1.54, 1.807) is 48.7 Å². The molecule has 0 saturated carbocycles. The molecule has 0 aliphatic carbocycles. The smallest absolute Gasteiger partial charge is 0.270 e. The quantitative estimate of drug-likeness (QED) is 0.182. The van der Waals surface area contributed by atoms with Crippen LogP contribution in [-0.2, 0) is 10.2 Å². The van der Waals surface area contributed by atoms with Gasteiger partial charge in [0.05, 0.1) is 29.6 Å². The first kappa shape index (κ1) is 26.3. The van der Waals surface area contributed by atoms with Crippen LogP contribution in [0.3, 0.4) is 0 Å². The number of rotatable bonds is 6. The van der Waals surface area contributed by atoms with Gasteiger partial charge in [0.25, 0.3) is 5.69 Å². The number of benzene rings is 4. The van der Waals surface area contributed by atoms with Crippen molar-refractivity contribution in [1.29, 1.82) is 0 Å². The number of nitrogens with one attached hydrogen (secondary N) is 1. The minimum absolute atomic E-state index is 0.0469. The Kier molecular flexibility index (Phi) is 5.98. The summed E-state index contributed by atoms with van der Waals surface area (Å²) in [5.74, 6) is -2.26. The van der Waals surface area contributed by atoms with Gasteiger partial charge in [-0.15, -0.1) is 0 Å². The van der Waals surface area contributed by atoms with Crippen LogP contribution in [-0.4, -0.2) is 40.4 Å². The molecule has 0 aromatic heterocycles. The molecule has 4 atom stereocenters. The van der Waals surface area contributed by atoms with Crippen molar-refractivity contribution < 1.29 is 24.0 Å². The summed E-state index contributed by atoms with van der Waals surface area (Å²) in [6, 6.07) is 25.2. The Morgan fingerprint density at radius 2 is 1.67 bits per heavy atom. The lowest BCUT2D eigenvalue weighted by Crippen LogP contribution is -2.49. The van der Waals surface area contributed by atoms with Gasteiger partial charge >= 0.3 is 0 Å². The van der Waals surface area contributed by atoms with Crippen LogP contribution in [0, 0.1) is 16.0 Å². The number of anilines is 1. The molecule has 1 fully saturated rings. The summed E-state index contributed by atoms with van der Waals surface area (Å²) in [5, 5.41) is 14.7. The Morgan fingerprint density at radius 3 is 2.49 bits per heavy atom. The minimum Gasteiger partial charge on any atom is -0.496 e. The Balaban J connectivity index is 1.54. The van der Waals surface area contributed by atoms with Gasteiger partial charge in [0.15, 0.2) is 11.6 Å². The number of Topliss-reactive ketones (excluding diaryl/α,β-unsaturated/α-hetero) is 2. The van der Waals surface area contributed by atoms with Crippen molar-refractivity contribution in [3.63, 3.8) is 0 Å². The van der Waals surface area contributed by atoms with Crippen LogP contribution < -0.4 is 10.1 Å². The Hall–Kier alpha value is -5.57. The van der Waals surface area contributed by atoms with Gasteiger partial charge in [-0.25, -0.2) is 0 Å². The third-order valence-electron chi connectivity index (χ3n) is 8.84. The molecule has 3 aliphatic rings. The number of carbonyl (C=O) groups is 3.